The zero-order valence-electron chi connectivity index (χ0n) is 16.2. The first kappa shape index (κ1) is 21.3. The van der Waals surface area contributed by atoms with Gasteiger partial charge in [0.1, 0.15) is 11.6 Å². The normalized spacial score (nSPS) is 10.8. The minimum absolute atomic E-state index is 0.172. The molecule has 0 radical (unpaired) electrons. The number of nitrogens with zero attached hydrogens (tertiary/aromatic N) is 2. The third-order valence-corrected chi connectivity index (χ3v) is 4.30. The lowest BCUT2D eigenvalue weighted by Gasteiger charge is -2.03. The molecular weight excluding hydrogens is 392 g/mol. The summed E-state index contributed by atoms with van der Waals surface area (Å²) in [5.74, 6) is 1.95. The van der Waals surface area contributed by atoms with Crippen molar-refractivity contribution in [1.29, 1.82) is 0 Å². The molecule has 3 rings (SSSR count). The summed E-state index contributed by atoms with van der Waals surface area (Å²) in [7, 11) is 0. The average Bonchev–Trinajstić information content (AvgIpc) is 2.73. The minimum atomic E-state index is -1.00. The SMILES string of the molecule is CCCCc1cc(F)c(C#Cc2ccc(N=Nc3ccc(F)c(F)c3)cc2)c(F)c1. The summed E-state index contributed by atoms with van der Waals surface area (Å²) in [5.41, 5.74) is 1.52. The van der Waals surface area contributed by atoms with E-state index < -0.39 is 23.3 Å². The van der Waals surface area contributed by atoms with Gasteiger partial charge < -0.3 is 0 Å². The van der Waals surface area contributed by atoms with Crippen molar-refractivity contribution < 1.29 is 17.6 Å². The summed E-state index contributed by atoms with van der Waals surface area (Å²) in [6, 6.07) is 12.3. The van der Waals surface area contributed by atoms with E-state index in [1.54, 1.807) is 24.3 Å². The Labute approximate surface area is 172 Å². The fourth-order valence-electron chi connectivity index (χ4n) is 2.68. The summed E-state index contributed by atoms with van der Waals surface area (Å²) < 4.78 is 54.5. The molecule has 0 atom stereocenters. The van der Waals surface area contributed by atoms with E-state index in [-0.39, 0.29) is 11.3 Å². The Hall–Kier alpha value is -3.46. The molecule has 0 saturated carbocycles. The van der Waals surface area contributed by atoms with Gasteiger partial charge in [0, 0.05) is 11.6 Å². The maximum atomic E-state index is 14.2. The first-order chi connectivity index (χ1) is 14.5. The zero-order valence-corrected chi connectivity index (χ0v) is 16.2. The highest BCUT2D eigenvalue weighted by Crippen LogP contribution is 2.21. The first-order valence-corrected chi connectivity index (χ1v) is 9.43. The molecule has 3 aromatic rings. The topological polar surface area (TPSA) is 24.7 Å². The number of halogens is 4. The number of rotatable bonds is 5. The Balaban J connectivity index is 1.73. The van der Waals surface area contributed by atoms with Gasteiger partial charge in [0.15, 0.2) is 11.6 Å². The van der Waals surface area contributed by atoms with Gasteiger partial charge in [-0.3, -0.25) is 0 Å². The van der Waals surface area contributed by atoms with Gasteiger partial charge in [-0.1, -0.05) is 25.2 Å². The lowest BCUT2D eigenvalue weighted by molar-refractivity contribution is 0.509. The van der Waals surface area contributed by atoms with Crippen LogP contribution in [0.2, 0.25) is 0 Å². The third kappa shape index (κ3) is 5.54. The molecule has 0 aromatic heterocycles. The number of unbranched alkanes of at least 4 members (excludes halogenated alkanes) is 1. The van der Waals surface area contributed by atoms with Crippen LogP contribution in [-0.2, 0) is 6.42 Å². The monoisotopic (exact) mass is 410 g/mol. The predicted molar refractivity (Wildman–Crippen MR) is 108 cm³/mol. The summed E-state index contributed by atoms with van der Waals surface area (Å²) >= 11 is 0. The van der Waals surface area contributed by atoms with Gasteiger partial charge in [-0.05, 0) is 66.9 Å². The molecule has 6 heteroatoms. The molecule has 2 nitrogen and oxygen atoms in total. The second-order valence-electron chi connectivity index (χ2n) is 6.63. The van der Waals surface area contributed by atoms with E-state index in [1.807, 2.05) is 6.92 Å². The molecule has 0 saturated heterocycles. The second-order valence-corrected chi connectivity index (χ2v) is 6.63. The fraction of sp³-hybridized carbons (Fsp3) is 0.167. The second kappa shape index (κ2) is 9.84. The molecular formula is C24H18F4N2. The zero-order chi connectivity index (χ0) is 21.5. The number of aryl methyl sites for hydroxylation is 1. The molecule has 0 aliphatic carbocycles. The van der Waals surface area contributed by atoms with Crippen LogP contribution in [0.4, 0.5) is 28.9 Å². The first-order valence-electron chi connectivity index (χ1n) is 9.43. The van der Waals surface area contributed by atoms with Crippen LogP contribution in [0.15, 0.2) is 64.8 Å². The lowest BCUT2D eigenvalue weighted by atomic mass is 10.0. The Kier molecular flexibility index (Phi) is 6.97. The van der Waals surface area contributed by atoms with Gasteiger partial charge in [0.2, 0.25) is 0 Å². The van der Waals surface area contributed by atoms with Crippen LogP contribution >= 0.6 is 0 Å². The van der Waals surface area contributed by atoms with Crippen molar-refractivity contribution in [2.24, 2.45) is 10.2 Å². The van der Waals surface area contributed by atoms with E-state index in [9.17, 15) is 17.6 Å². The molecule has 0 bridgehead atoms. The van der Waals surface area contributed by atoms with E-state index in [0.717, 1.165) is 25.0 Å². The Morgan fingerprint density at radius 3 is 1.97 bits per heavy atom. The predicted octanol–water partition coefficient (Wildman–Crippen LogP) is 7.40. The van der Waals surface area contributed by atoms with Gasteiger partial charge in [-0.25, -0.2) is 17.6 Å². The quantitative estimate of drug-likeness (QED) is 0.238. The number of hydrogen-bond acceptors (Lipinski definition) is 2. The van der Waals surface area contributed by atoms with Crippen LogP contribution in [0.1, 0.15) is 36.5 Å². The number of azo groups is 1. The summed E-state index contributed by atoms with van der Waals surface area (Å²) in [6.45, 7) is 2.02. The third-order valence-electron chi connectivity index (χ3n) is 4.30. The smallest absolute Gasteiger partial charge is 0.161 e. The molecule has 30 heavy (non-hydrogen) atoms. The van der Waals surface area contributed by atoms with Gasteiger partial charge >= 0.3 is 0 Å². The largest absolute Gasteiger partial charge is 0.206 e. The van der Waals surface area contributed by atoms with E-state index in [1.165, 1.54) is 18.2 Å². The Bertz CT molecular complexity index is 1100. The molecule has 0 fully saturated rings. The molecule has 0 spiro atoms. The van der Waals surface area contributed by atoms with Crippen LogP contribution < -0.4 is 0 Å². The minimum Gasteiger partial charge on any atom is -0.206 e. The number of benzene rings is 3. The van der Waals surface area contributed by atoms with Gasteiger partial charge in [0.25, 0.3) is 0 Å². The van der Waals surface area contributed by atoms with E-state index in [4.69, 9.17) is 0 Å². The van der Waals surface area contributed by atoms with Crippen molar-refractivity contribution >= 4 is 11.4 Å². The summed E-state index contributed by atoms with van der Waals surface area (Å²) in [4.78, 5) is 0. The van der Waals surface area contributed by atoms with E-state index >= 15 is 0 Å². The average molecular weight is 410 g/mol. The van der Waals surface area contributed by atoms with Crippen molar-refractivity contribution in [1.82, 2.24) is 0 Å². The molecule has 0 aliphatic heterocycles. The maximum Gasteiger partial charge on any atom is 0.161 e. The number of hydrogen-bond donors (Lipinski definition) is 0. The molecule has 152 valence electrons. The fourth-order valence-corrected chi connectivity index (χ4v) is 2.68. The van der Waals surface area contributed by atoms with Crippen LogP contribution in [-0.4, -0.2) is 0 Å². The van der Waals surface area contributed by atoms with Crippen LogP contribution in [0, 0.1) is 35.1 Å². The van der Waals surface area contributed by atoms with Gasteiger partial charge in [-0.2, -0.15) is 10.2 Å². The van der Waals surface area contributed by atoms with Crippen LogP contribution in [0.25, 0.3) is 0 Å². The Morgan fingerprint density at radius 2 is 1.33 bits per heavy atom. The van der Waals surface area contributed by atoms with Crippen molar-refractivity contribution in [3.63, 3.8) is 0 Å². The maximum absolute atomic E-state index is 14.2. The molecule has 0 amide bonds. The van der Waals surface area contributed by atoms with Crippen molar-refractivity contribution in [3.8, 4) is 11.8 Å². The lowest BCUT2D eigenvalue weighted by Crippen LogP contribution is -1.95. The van der Waals surface area contributed by atoms with Crippen molar-refractivity contribution in [2.45, 2.75) is 26.2 Å². The van der Waals surface area contributed by atoms with Gasteiger partial charge in [-0.15, -0.1) is 0 Å². The van der Waals surface area contributed by atoms with Crippen molar-refractivity contribution in [2.75, 3.05) is 0 Å². The van der Waals surface area contributed by atoms with Gasteiger partial charge in [0.05, 0.1) is 16.9 Å². The summed E-state index contributed by atoms with van der Waals surface area (Å²) in [5, 5.41) is 7.77. The molecule has 0 aliphatic rings. The van der Waals surface area contributed by atoms with Crippen LogP contribution in [0.5, 0.6) is 0 Å². The molecule has 0 N–H and O–H groups in total. The van der Waals surface area contributed by atoms with E-state index in [2.05, 4.69) is 22.1 Å². The standard InChI is InChI=1S/C24H18F4N2/c1-2-3-4-17-13-22(26)20(23(27)14-17)11-7-16-5-8-18(9-6-16)29-30-19-10-12-21(25)24(28)15-19/h5-6,8-10,12-15H,2-4H2,1H3. The van der Waals surface area contributed by atoms with Crippen LogP contribution in [0.3, 0.4) is 0 Å². The van der Waals surface area contributed by atoms with E-state index in [0.29, 0.717) is 23.2 Å². The molecule has 3 aromatic carbocycles. The highest BCUT2D eigenvalue weighted by atomic mass is 19.2. The van der Waals surface area contributed by atoms with Crippen molar-refractivity contribution in [3.05, 3.63) is 94.6 Å². The highest BCUT2D eigenvalue weighted by Gasteiger charge is 2.09. The summed E-state index contributed by atoms with van der Waals surface area (Å²) in [6.07, 6.45) is 2.43. The highest BCUT2D eigenvalue weighted by molar-refractivity contribution is 5.49. The molecule has 0 unspecified atom stereocenters. The molecule has 0 heterocycles. The Morgan fingerprint density at radius 1 is 0.700 bits per heavy atom.